The van der Waals surface area contributed by atoms with Crippen molar-refractivity contribution in [1.82, 2.24) is 15.5 Å². The molecule has 4 nitrogen and oxygen atoms in total. The largest absolute Gasteiger partial charge is 0.352 e. The van der Waals surface area contributed by atoms with Gasteiger partial charge in [0.05, 0.1) is 0 Å². The molecule has 1 aliphatic heterocycles. The highest BCUT2D eigenvalue weighted by Gasteiger charge is 2.11. The van der Waals surface area contributed by atoms with Crippen LogP contribution in [0, 0.1) is 6.92 Å². The number of piperazine rings is 1. The number of nitrogens with zero attached hydrogens (tertiary/aromatic N) is 1. The first-order chi connectivity index (χ1) is 9.68. The van der Waals surface area contributed by atoms with Crippen LogP contribution in [0.3, 0.4) is 0 Å². The molecule has 2 N–H and O–H groups in total. The van der Waals surface area contributed by atoms with E-state index < -0.39 is 0 Å². The summed E-state index contributed by atoms with van der Waals surface area (Å²) in [4.78, 5) is 14.5. The molecular weight excluding hydrogens is 274 g/mol. The maximum atomic E-state index is 12.1. The molecule has 1 saturated heterocycles. The minimum Gasteiger partial charge on any atom is -0.352 e. The quantitative estimate of drug-likeness (QED) is 0.812. The average molecular weight is 296 g/mol. The normalized spacial score (nSPS) is 16.1. The lowest BCUT2D eigenvalue weighted by atomic mass is 10.1. The fourth-order valence-corrected chi connectivity index (χ4v) is 2.56. The molecule has 0 unspecified atom stereocenters. The highest BCUT2D eigenvalue weighted by atomic mass is 35.5. The van der Waals surface area contributed by atoms with E-state index in [2.05, 4.69) is 15.5 Å². The number of rotatable bonds is 5. The van der Waals surface area contributed by atoms with E-state index in [0.717, 1.165) is 44.7 Å². The number of amides is 1. The Balaban J connectivity index is 1.73. The number of halogens is 1. The van der Waals surface area contributed by atoms with Gasteiger partial charge in [0, 0.05) is 43.3 Å². The van der Waals surface area contributed by atoms with E-state index >= 15 is 0 Å². The Morgan fingerprint density at radius 2 is 2.15 bits per heavy atom. The Morgan fingerprint density at radius 1 is 1.40 bits per heavy atom. The number of carbonyl (C=O) groups is 1. The fourth-order valence-electron chi connectivity index (χ4n) is 2.39. The zero-order valence-electron chi connectivity index (χ0n) is 11.9. The molecule has 0 bridgehead atoms. The van der Waals surface area contributed by atoms with Crippen LogP contribution < -0.4 is 10.6 Å². The standard InChI is InChI=1S/C15H22ClN3O/c1-12-13(4-2-5-14(12)16)15(20)18-6-3-9-19-10-7-17-8-11-19/h2,4-5,17H,3,6-11H2,1H3,(H,18,20). The highest BCUT2D eigenvalue weighted by Crippen LogP contribution is 2.18. The van der Waals surface area contributed by atoms with Gasteiger partial charge in [-0.15, -0.1) is 0 Å². The summed E-state index contributed by atoms with van der Waals surface area (Å²) in [6.07, 6.45) is 0.978. The number of hydrogen-bond acceptors (Lipinski definition) is 3. The van der Waals surface area contributed by atoms with Gasteiger partial charge in [-0.3, -0.25) is 4.79 Å². The van der Waals surface area contributed by atoms with Crippen LogP contribution >= 0.6 is 11.6 Å². The molecule has 1 aromatic carbocycles. The van der Waals surface area contributed by atoms with Crippen molar-refractivity contribution in [2.45, 2.75) is 13.3 Å². The number of benzene rings is 1. The summed E-state index contributed by atoms with van der Waals surface area (Å²) >= 11 is 6.03. The maximum absolute atomic E-state index is 12.1. The third-order valence-electron chi connectivity index (χ3n) is 3.66. The summed E-state index contributed by atoms with van der Waals surface area (Å²) < 4.78 is 0. The molecule has 1 aromatic rings. The first kappa shape index (κ1) is 15.3. The van der Waals surface area contributed by atoms with E-state index in [1.54, 1.807) is 6.07 Å². The summed E-state index contributed by atoms with van der Waals surface area (Å²) in [5.74, 6) is -0.0367. The van der Waals surface area contributed by atoms with Gasteiger partial charge in [-0.2, -0.15) is 0 Å². The van der Waals surface area contributed by atoms with Crippen molar-refractivity contribution in [3.8, 4) is 0 Å². The summed E-state index contributed by atoms with van der Waals surface area (Å²) in [5, 5.41) is 6.94. The molecule has 0 aromatic heterocycles. The second-order valence-electron chi connectivity index (χ2n) is 5.11. The van der Waals surface area contributed by atoms with Crippen molar-refractivity contribution in [3.05, 3.63) is 34.3 Å². The Bertz CT molecular complexity index is 458. The molecular formula is C15H22ClN3O. The van der Waals surface area contributed by atoms with Gasteiger partial charge in [0.15, 0.2) is 0 Å². The van der Waals surface area contributed by atoms with Crippen molar-refractivity contribution >= 4 is 17.5 Å². The van der Waals surface area contributed by atoms with Crippen molar-refractivity contribution < 1.29 is 4.79 Å². The van der Waals surface area contributed by atoms with E-state index in [1.807, 2.05) is 19.1 Å². The maximum Gasteiger partial charge on any atom is 0.251 e. The molecule has 20 heavy (non-hydrogen) atoms. The Labute approximate surface area is 125 Å². The molecule has 1 aliphatic rings. The van der Waals surface area contributed by atoms with Crippen LogP contribution in [0.15, 0.2) is 18.2 Å². The zero-order chi connectivity index (χ0) is 14.4. The lowest BCUT2D eigenvalue weighted by Gasteiger charge is -2.27. The molecule has 0 radical (unpaired) electrons. The monoisotopic (exact) mass is 295 g/mol. The highest BCUT2D eigenvalue weighted by molar-refractivity contribution is 6.31. The Morgan fingerprint density at radius 3 is 2.90 bits per heavy atom. The van der Waals surface area contributed by atoms with Gasteiger partial charge in [0.25, 0.3) is 5.91 Å². The molecule has 2 rings (SSSR count). The van der Waals surface area contributed by atoms with Gasteiger partial charge >= 0.3 is 0 Å². The molecule has 1 heterocycles. The molecule has 0 saturated carbocycles. The van der Waals surface area contributed by atoms with Crippen molar-refractivity contribution in [2.75, 3.05) is 39.3 Å². The first-order valence-corrected chi connectivity index (χ1v) is 7.52. The van der Waals surface area contributed by atoms with Crippen molar-refractivity contribution in [3.63, 3.8) is 0 Å². The third-order valence-corrected chi connectivity index (χ3v) is 4.07. The van der Waals surface area contributed by atoms with Gasteiger partial charge < -0.3 is 15.5 Å². The minimum atomic E-state index is -0.0367. The SMILES string of the molecule is Cc1c(Cl)cccc1C(=O)NCCCN1CCNCC1. The zero-order valence-corrected chi connectivity index (χ0v) is 12.7. The van der Waals surface area contributed by atoms with Gasteiger partial charge in [-0.1, -0.05) is 17.7 Å². The minimum absolute atomic E-state index is 0.0367. The average Bonchev–Trinajstić information content (AvgIpc) is 2.47. The second-order valence-corrected chi connectivity index (χ2v) is 5.52. The summed E-state index contributed by atoms with van der Waals surface area (Å²) in [7, 11) is 0. The van der Waals surface area contributed by atoms with Crippen molar-refractivity contribution in [1.29, 1.82) is 0 Å². The van der Waals surface area contributed by atoms with Crippen LogP contribution in [-0.2, 0) is 0 Å². The van der Waals surface area contributed by atoms with Crippen LogP contribution in [-0.4, -0.2) is 50.1 Å². The van der Waals surface area contributed by atoms with E-state index in [0.29, 0.717) is 17.1 Å². The fraction of sp³-hybridized carbons (Fsp3) is 0.533. The number of nitrogens with one attached hydrogen (secondary N) is 2. The lowest BCUT2D eigenvalue weighted by molar-refractivity contribution is 0.0950. The van der Waals surface area contributed by atoms with E-state index in [-0.39, 0.29) is 5.91 Å². The summed E-state index contributed by atoms with van der Waals surface area (Å²) in [6, 6.07) is 5.43. The van der Waals surface area contributed by atoms with Crippen LogP contribution in [0.25, 0.3) is 0 Å². The molecule has 0 spiro atoms. The van der Waals surface area contributed by atoms with Gasteiger partial charge in [0.2, 0.25) is 0 Å². The van der Waals surface area contributed by atoms with Crippen LogP contribution in [0.1, 0.15) is 22.3 Å². The first-order valence-electron chi connectivity index (χ1n) is 7.15. The number of hydrogen-bond donors (Lipinski definition) is 2. The van der Waals surface area contributed by atoms with Crippen LogP contribution in [0.4, 0.5) is 0 Å². The molecule has 1 fully saturated rings. The van der Waals surface area contributed by atoms with Crippen LogP contribution in [0.2, 0.25) is 5.02 Å². The lowest BCUT2D eigenvalue weighted by Crippen LogP contribution is -2.44. The molecule has 0 atom stereocenters. The predicted molar refractivity (Wildman–Crippen MR) is 82.4 cm³/mol. The molecule has 0 aliphatic carbocycles. The summed E-state index contributed by atoms with van der Waals surface area (Å²) in [6.45, 7) is 7.94. The second kappa shape index (κ2) is 7.62. The third kappa shape index (κ3) is 4.20. The van der Waals surface area contributed by atoms with E-state index in [9.17, 15) is 4.79 Å². The molecule has 1 amide bonds. The van der Waals surface area contributed by atoms with Gasteiger partial charge in [0.1, 0.15) is 0 Å². The smallest absolute Gasteiger partial charge is 0.251 e. The van der Waals surface area contributed by atoms with Crippen LogP contribution in [0.5, 0.6) is 0 Å². The van der Waals surface area contributed by atoms with Gasteiger partial charge in [-0.05, 0) is 37.6 Å². The van der Waals surface area contributed by atoms with Crippen molar-refractivity contribution in [2.24, 2.45) is 0 Å². The Kier molecular flexibility index (Phi) is 5.83. The molecule has 5 heteroatoms. The topological polar surface area (TPSA) is 44.4 Å². The van der Waals surface area contributed by atoms with E-state index in [1.165, 1.54) is 0 Å². The van der Waals surface area contributed by atoms with E-state index in [4.69, 9.17) is 11.6 Å². The van der Waals surface area contributed by atoms with Gasteiger partial charge in [-0.25, -0.2) is 0 Å². The number of carbonyl (C=O) groups excluding carboxylic acids is 1. The predicted octanol–water partition coefficient (Wildman–Crippen LogP) is 1.67. The summed E-state index contributed by atoms with van der Waals surface area (Å²) in [5.41, 5.74) is 1.51. The molecule has 110 valence electrons. The Hall–Kier alpha value is -1.10.